The average molecular weight is 1410 g/mol. The molecule has 2 aliphatic rings. The van der Waals surface area contributed by atoms with Gasteiger partial charge in [-0.1, -0.05) is 110 Å². The zero-order valence-corrected chi connectivity index (χ0v) is 47.0. The summed E-state index contributed by atoms with van der Waals surface area (Å²) in [5.74, 6) is 2.19. The zero-order chi connectivity index (χ0) is 54.4. The molecule has 0 atom stereocenters. The fourth-order valence-electron chi connectivity index (χ4n) is 7.97. The van der Waals surface area contributed by atoms with Crippen LogP contribution >= 0.6 is 0 Å². The molecule has 0 bridgehead atoms. The summed E-state index contributed by atoms with van der Waals surface area (Å²) in [7, 11) is 0. The van der Waals surface area contributed by atoms with Crippen LogP contribution < -0.4 is 19.6 Å². The van der Waals surface area contributed by atoms with Gasteiger partial charge < -0.3 is 39.5 Å². The van der Waals surface area contributed by atoms with E-state index in [-0.39, 0.29) is 76.9 Å². The Balaban J connectivity index is 0.000000158. The number of fused-ring (bicyclic) bond motifs is 2. The second-order valence-corrected chi connectivity index (χ2v) is 16.8. The largest absolute Gasteiger partial charge is 2.00 e. The molecule has 0 radical (unpaired) electrons. The molecule has 0 amide bonds. The van der Waals surface area contributed by atoms with Crippen molar-refractivity contribution in [1.29, 1.82) is 10.5 Å². The van der Waals surface area contributed by atoms with Crippen LogP contribution in [-0.2, 0) is 42.1 Å². The van der Waals surface area contributed by atoms with Crippen molar-refractivity contribution in [3.63, 3.8) is 0 Å². The number of hydrogen-bond acceptors (Lipinski definition) is 14. The monoisotopic (exact) mass is 1400 g/mol. The van der Waals surface area contributed by atoms with Crippen LogP contribution in [0.2, 0.25) is 0 Å². The zero-order valence-electron chi connectivity index (χ0n) is 42.4. The molecule has 2 N–H and O–H groups in total. The van der Waals surface area contributed by atoms with E-state index in [9.17, 15) is 20.7 Å². The Kier molecular flexibility index (Phi) is 19.7. The van der Waals surface area contributed by atoms with E-state index in [1.807, 2.05) is 242 Å². The number of rotatable bonds is 6. The smallest absolute Gasteiger partial charge is 0.493 e. The molecule has 392 valence electrons. The van der Waals surface area contributed by atoms with Gasteiger partial charge in [-0.2, -0.15) is 65.1 Å². The Morgan fingerprint density at radius 3 is 1.11 bits per heavy atom. The number of nitriles is 2. The molecule has 0 unspecified atom stereocenters. The van der Waals surface area contributed by atoms with Crippen molar-refractivity contribution in [3.05, 3.63) is 265 Å². The van der Waals surface area contributed by atoms with E-state index in [1.165, 1.54) is 0 Å². The number of aromatic nitrogens is 6. The topological polar surface area (TPSA) is 187 Å². The van der Waals surface area contributed by atoms with Gasteiger partial charge in [-0.15, -0.1) is 40.7 Å². The first-order valence-corrected chi connectivity index (χ1v) is 23.9. The minimum Gasteiger partial charge on any atom is -0.493 e. The van der Waals surface area contributed by atoms with Gasteiger partial charge in [0.05, 0.1) is 0 Å². The number of nitrogens with zero attached hydrogens (tertiary/aromatic N) is 14. The number of benzene rings is 6. The minimum absolute atomic E-state index is 0. The Bertz CT molecular complexity index is 3460. The van der Waals surface area contributed by atoms with E-state index in [0.29, 0.717) is 23.3 Å². The van der Waals surface area contributed by atoms with Gasteiger partial charge in [0.1, 0.15) is 23.8 Å². The fraction of sp³-hybridized carbons (Fsp3) is 0.0323. The van der Waals surface area contributed by atoms with Crippen LogP contribution in [0.25, 0.3) is 31.9 Å². The average Bonchev–Trinajstić information content (AvgIpc) is 4.18. The number of para-hydroxylation sites is 4. The molecule has 18 heteroatoms. The van der Waals surface area contributed by atoms with E-state index in [0.717, 1.165) is 56.4 Å². The normalized spacial score (nSPS) is 11.3. The number of anilines is 8. The third-order valence-electron chi connectivity index (χ3n) is 11.7. The molecule has 6 aromatic carbocycles. The molecule has 80 heavy (non-hydrogen) atoms. The third-order valence-corrected chi connectivity index (χ3v) is 11.7. The maximum Gasteiger partial charge on any atom is 2.00 e. The Morgan fingerprint density at radius 1 is 0.438 bits per heavy atom. The molecular weight excluding hydrogens is 1360 g/mol. The quantitative estimate of drug-likeness (QED) is 0.150. The van der Waals surface area contributed by atoms with E-state index in [1.54, 1.807) is 11.0 Å². The van der Waals surface area contributed by atoms with Crippen molar-refractivity contribution in [2.75, 3.05) is 19.6 Å². The second-order valence-electron chi connectivity index (χ2n) is 16.8. The first kappa shape index (κ1) is 57.6. The van der Waals surface area contributed by atoms with Crippen LogP contribution in [0.1, 0.15) is 22.8 Å². The number of hydrogen-bond donors (Lipinski definition) is 2. The SMILES string of the molecule is Cc1ccc(-c2ccccc2)c(O)n1.Cc1ccc(-c2ccccc2)c(O)n1.N#Cc1nc2c(nc1C#N)N(c1ccccc1)[CH-]N2c1[c-]cccc1.[C-]#[N+]c1nc2c(nc1[N+]#[C-])N(c1ccccc1)[CH-]N2c1[c-]cccc1.[Pt+2].[Pt+2]. The molecule has 12 rings (SSSR count). The van der Waals surface area contributed by atoms with Crippen molar-refractivity contribution in [2.24, 2.45) is 0 Å². The van der Waals surface area contributed by atoms with Crippen LogP contribution in [0.15, 0.2) is 194 Å². The van der Waals surface area contributed by atoms with Crippen LogP contribution in [-0.4, -0.2) is 40.1 Å². The molecule has 0 saturated carbocycles. The van der Waals surface area contributed by atoms with Gasteiger partial charge in [-0.05, 0) is 73.5 Å². The molecule has 16 nitrogen and oxygen atoms in total. The first-order chi connectivity index (χ1) is 38.2. The van der Waals surface area contributed by atoms with Crippen molar-refractivity contribution in [1.82, 2.24) is 29.9 Å². The van der Waals surface area contributed by atoms with Crippen molar-refractivity contribution in [3.8, 4) is 46.2 Å². The third kappa shape index (κ3) is 13.2. The molecule has 0 spiro atoms. The van der Waals surface area contributed by atoms with Gasteiger partial charge in [0.25, 0.3) is 23.3 Å². The summed E-state index contributed by atoms with van der Waals surface area (Å²) in [6.07, 6.45) is 0. The van der Waals surface area contributed by atoms with Crippen LogP contribution in [0, 0.1) is 75.1 Å². The van der Waals surface area contributed by atoms with Crippen LogP contribution in [0.3, 0.4) is 0 Å². The minimum atomic E-state index is -0.00186. The molecule has 0 fully saturated rings. The van der Waals surface area contributed by atoms with Gasteiger partial charge in [0.15, 0.2) is 11.4 Å². The van der Waals surface area contributed by atoms with Crippen LogP contribution in [0.4, 0.5) is 57.7 Å². The van der Waals surface area contributed by atoms with Crippen molar-refractivity contribution < 1.29 is 52.3 Å². The van der Waals surface area contributed by atoms with Gasteiger partial charge in [0.2, 0.25) is 11.8 Å². The first-order valence-electron chi connectivity index (χ1n) is 23.9. The number of aromatic hydroxyl groups is 2. The predicted octanol–water partition coefficient (Wildman–Crippen LogP) is 13.7. The summed E-state index contributed by atoms with van der Waals surface area (Å²) >= 11 is 0. The van der Waals surface area contributed by atoms with Gasteiger partial charge in [0, 0.05) is 33.9 Å². The summed E-state index contributed by atoms with van der Waals surface area (Å²) in [5, 5.41) is 37.8. The van der Waals surface area contributed by atoms with E-state index in [4.69, 9.17) is 13.1 Å². The predicted molar refractivity (Wildman–Crippen MR) is 299 cm³/mol. The van der Waals surface area contributed by atoms with E-state index >= 15 is 0 Å². The number of aryl methyl sites for hydroxylation is 2. The fourth-order valence-corrected chi connectivity index (χ4v) is 7.97. The maximum absolute atomic E-state index is 9.63. The van der Waals surface area contributed by atoms with Crippen LogP contribution in [0.5, 0.6) is 11.8 Å². The van der Waals surface area contributed by atoms with Crippen molar-refractivity contribution >= 4 is 57.7 Å². The van der Waals surface area contributed by atoms with Gasteiger partial charge >= 0.3 is 42.1 Å². The molecule has 4 aromatic heterocycles. The van der Waals surface area contributed by atoms with E-state index in [2.05, 4.69) is 51.7 Å². The van der Waals surface area contributed by atoms with Gasteiger partial charge in [-0.25, -0.2) is 19.9 Å². The number of pyridine rings is 2. The summed E-state index contributed by atoms with van der Waals surface area (Å²) in [6.45, 7) is 21.9. The Morgan fingerprint density at radius 2 is 0.775 bits per heavy atom. The summed E-state index contributed by atoms with van der Waals surface area (Å²) in [4.78, 5) is 39.5. The second kappa shape index (κ2) is 27.3. The molecule has 0 saturated heterocycles. The van der Waals surface area contributed by atoms with Gasteiger partial charge in [-0.3, -0.25) is 0 Å². The Labute approximate surface area is 492 Å². The molecule has 2 aliphatic heterocycles. The summed E-state index contributed by atoms with van der Waals surface area (Å²) < 4.78 is 0. The molecule has 10 aromatic rings. The molecule has 6 heterocycles. The summed E-state index contributed by atoms with van der Waals surface area (Å²) in [5.41, 5.74) is 8.49. The van der Waals surface area contributed by atoms with E-state index < -0.39 is 0 Å². The molecular formula is C62H42N14O2Pt2. The molecule has 0 aliphatic carbocycles. The maximum atomic E-state index is 9.63. The standard InChI is InChI=1S/2C19H10N6.2C12H11NO.2Pt/c1-20-16-17(21-2)23-19-18(22-16)24(14-9-5-3-6-10-14)13-25(19)15-11-7-4-8-12-15;20-11-16-17(12-21)23-19-18(22-16)24(14-7-3-1-4-8-14)13-25(19)15-9-5-2-6-10-15;2*1-9-7-8-11(12(14)13-9)10-5-3-2-4-6-10;;/h3-11,13H;1-9,13H;2*2-8H,1H3,(H,13,14);;/q2*-2;;;2*+2. The van der Waals surface area contributed by atoms with Crippen molar-refractivity contribution in [2.45, 2.75) is 13.8 Å². The Hall–Kier alpha value is -10.1. The summed E-state index contributed by atoms with van der Waals surface area (Å²) in [6, 6.07) is 71.4.